The molecule has 0 unspecified atom stereocenters. The molecule has 0 bridgehead atoms. The maximum absolute atomic E-state index is 13.8. The van der Waals surface area contributed by atoms with E-state index in [1.165, 1.54) is 17.0 Å². The van der Waals surface area contributed by atoms with Crippen molar-refractivity contribution < 1.29 is 18.8 Å². The van der Waals surface area contributed by atoms with E-state index >= 15 is 0 Å². The van der Waals surface area contributed by atoms with Crippen LogP contribution in [0.3, 0.4) is 0 Å². The van der Waals surface area contributed by atoms with Gasteiger partial charge >= 0.3 is 0 Å². The Labute approximate surface area is 155 Å². The first-order valence-electron chi connectivity index (χ1n) is 8.77. The Bertz CT molecular complexity index is 887. The topological polar surface area (TPSA) is 60.9 Å². The van der Waals surface area contributed by atoms with Crippen molar-refractivity contribution >= 4 is 17.7 Å². The van der Waals surface area contributed by atoms with Crippen LogP contribution in [-0.4, -0.2) is 65.3 Å². The van der Waals surface area contributed by atoms with E-state index < -0.39 is 5.82 Å². The molecule has 0 atom stereocenters. The molecular weight excluding hydrogens is 349 g/mol. The van der Waals surface area contributed by atoms with Crippen LogP contribution in [0.4, 0.5) is 4.39 Å². The third-order valence-corrected chi connectivity index (χ3v) is 4.98. The summed E-state index contributed by atoms with van der Waals surface area (Å²) >= 11 is 0. The Balaban J connectivity index is 1.38. The first kappa shape index (κ1) is 17.4. The third kappa shape index (κ3) is 3.10. The molecule has 0 N–H and O–H groups in total. The van der Waals surface area contributed by atoms with E-state index in [2.05, 4.69) is 0 Å². The second-order valence-electron chi connectivity index (χ2n) is 6.62. The minimum absolute atomic E-state index is 0.0614. The van der Waals surface area contributed by atoms with E-state index in [0.717, 1.165) is 0 Å². The van der Waals surface area contributed by atoms with Crippen molar-refractivity contribution in [2.45, 2.75) is 0 Å². The molecule has 0 radical (unpaired) electrons. The minimum Gasteiger partial charge on any atom is -0.336 e. The number of amides is 3. The highest BCUT2D eigenvalue weighted by Gasteiger charge is 2.36. The van der Waals surface area contributed by atoms with Gasteiger partial charge in [0.15, 0.2) is 0 Å². The molecule has 3 amide bonds. The lowest BCUT2D eigenvalue weighted by Crippen LogP contribution is -2.52. The number of carbonyl (C=O) groups is 3. The summed E-state index contributed by atoms with van der Waals surface area (Å²) in [5.41, 5.74) is 0.915. The van der Waals surface area contributed by atoms with Crippen molar-refractivity contribution in [3.05, 3.63) is 71.0 Å². The molecule has 7 heteroatoms. The van der Waals surface area contributed by atoms with Crippen molar-refractivity contribution in [2.24, 2.45) is 0 Å². The van der Waals surface area contributed by atoms with Crippen molar-refractivity contribution in [1.29, 1.82) is 0 Å². The van der Waals surface area contributed by atoms with Crippen LogP contribution in [0.1, 0.15) is 31.1 Å². The molecule has 0 aliphatic carbocycles. The molecule has 0 saturated carbocycles. The lowest BCUT2D eigenvalue weighted by atomic mass is 10.1. The SMILES string of the molecule is O=C(c1ccccc1F)N1CCN(CN2C(=O)c3ccccc3C2=O)CC1. The number of imide groups is 1. The molecular formula is C20H18FN3O3. The highest BCUT2D eigenvalue weighted by atomic mass is 19.1. The predicted octanol–water partition coefficient (Wildman–Crippen LogP) is 1.84. The largest absolute Gasteiger partial charge is 0.336 e. The van der Waals surface area contributed by atoms with Gasteiger partial charge in [-0.05, 0) is 24.3 Å². The van der Waals surface area contributed by atoms with Crippen LogP contribution in [0.5, 0.6) is 0 Å². The normalized spacial score (nSPS) is 17.4. The van der Waals surface area contributed by atoms with Gasteiger partial charge in [0.25, 0.3) is 17.7 Å². The molecule has 4 rings (SSSR count). The molecule has 1 saturated heterocycles. The molecule has 2 aliphatic rings. The van der Waals surface area contributed by atoms with Gasteiger partial charge in [-0.3, -0.25) is 24.2 Å². The molecule has 1 fully saturated rings. The van der Waals surface area contributed by atoms with E-state index in [9.17, 15) is 18.8 Å². The Morgan fingerprint density at radius 3 is 2.00 bits per heavy atom. The second-order valence-corrected chi connectivity index (χ2v) is 6.62. The van der Waals surface area contributed by atoms with E-state index in [0.29, 0.717) is 37.3 Å². The summed E-state index contributed by atoms with van der Waals surface area (Å²) in [4.78, 5) is 42.2. The number of benzene rings is 2. The summed E-state index contributed by atoms with van der Waals surface area (Å²) in [7, 11) is 0. The summed E-state index contributed by atoms with van der Waals surface area (Å²) in [5.74, 6) is -1.45. The van der Waals surface area contributed by atoms with E-state index in [4.69, 9.17) is 0 Å². The molecule has 2 aromatic carbocycles. The van der Waals surface area contributed by atoms with Crippen molar-refractivity contribution in [2.75, 3.05) is 32.8 Å². The fourth-order valence-corrected chi connectivity index (χ4v) is 3.46. The van der Waals surface area contributed by atoms with Crippen LogP contribution in [-0.2, 0) is 0 Å². The summed E-state index contributed by atoms with van der Waals surface area (Å²) in [6, 6.07) is 12.7. The second kappa shape index (κ2) is 6.92. The van der Waals surface area contributed by atoms with Crippen molar-refractivity contribution in [3.8, 4) is 0 Å². The molecule has 27 heavy (non-hydrogen) atoms. The zero-order chi connectivity index (χ0) is 19.0. The lowest BCUT2D eigenvalue weighted by molar-refractivity contribution is 0.0409. The molecule has 138 valence electrons. The smallest absolute Gasteiger partial charge is 0.262 e. The van der Waals surface area contributed by atoms with E-state index in [-0.39, 0.29) is 30.0 Å². The molecule has 0 spiro atoms. The summed E-state index contributed by atoms with van der Waals surface area (Å²) in [6.07, 6.45) is 0. The van der Waals surface area contributed by atoms with Gasteiger partial charge in [-0.2, -0.15) is 0 Å². The van der Waals surface area contributed by atoms with Crippen LogP contribution >= 0.6 is 0 Å². The fourth-order valence-electron chi connectivity index (χ4n) is 3.46. The maximum atomic E-state index is 13.8. The van der Waals surface area contributed by atoms with Gasteiger partial charge in [0.1, 0.15) is 5.82 Å². The maximum Gasteiger partial charge on any atom is 0.262 e. The van der Waals surface area contributed by atoms with E-state index in [1.807, 2.05) is 4.90 Å². The number of hydrogen-bond donors (Lipinski definition) is 0. The number of hydrogen-bond acceptors (Lipinski definition) is 4. The van der Waals surface area contributed by atoms with Crippen LogP contribution in [0.2, 0.25) is 0 Å². The number of carbonyl (C=O) groups excluding carboxylic acids is 3. The van der Waals surface area contributed by atoms with Gasteiger partial charge in [-0.1, -0.05) is 24.3 Å². The van der Waals surface area contributed by atoms with Gasteiger partial charge in [0, 0.05) is 26.2 Å². The Morgan fingerprint density at radius 1 is 0.852 bits per heavy atom. The molecule has 2 aliphatic heterocycles. The zero-order valence-corrected chi connectivity index (χ0v) is 14.6. The number of piperazine rings is 1. The lowest BCUT2D eigenvalue weighted by Gasteiger charge is -2.36. The number of rotatable bonds is 3. The summed E-state index contributed by atoms with van der Waals surface area (Å²) in [5, 5.41) is 0. The number of fused-ring (bicyclic) bond motifs is 1. The first-order chi connectivity index (χ1) is 13.1. The number of halogens is 1. The molecule has 2 heterocycles. The average Bonchev–Trinajstić information content (AvgIpc) is 2.94. The minimum atomic E-state index is -0.532. The van der Waals surface area contributed by atoms with Gasteiger partial charge < -0.3 is 4.90 Å². The van der Waals surface area contributed by atoms with Gasteiger partial charge in [0.2, 0.25) is 0 Å². The van der Waals surface area contributed by atoms with Gasteiger partial charge in [-0.15, -0.1) is 0 Å². The molecule has 6 nitrogen and oxygen atoms in total. The van der Waals surface area contributed by atoms with Gasteiger partial charge in [-0.25, -0.2) is 4.39 Å². The van der Waals surface area contributed by atoms with Crippen LogP contribution in [0.25, 0.3) is 0 Å². The highest BCUT2D eigenvalue weighted by molar-refractivity contribution is 6.21. The summed E-state index contributed by atoms with van der Waals surface area (Å²) in [6.45, 7) is 2.03. The predicted molar refractivity (Wildman–Crippen MR) is 95.7 cm³/mol. The Morgan fingerprint density at radius 2 is 1.41 bits per heavy atom. The quantitative estimate of drug-likeness (QED) is 0.777. The molecule has 2 aromatic rings. The van der Waals surface area contributed by atoms with Crippen LogP contribution in [0, 0.1) is 5.82 Å². The Kier molecular flexibility index (Phi) is 4.45. The van der Waals surface area contributed by atoms with Crippen LogP contribution < -0.4 is 0 Å². The van der Waals surface area contributed by atoms with Crippen molar-refractivity contribution in [3.63, 3.8) is 0 Å². The van der Waals surface area contributed by atoms with Crippen molar-refractivity contribution in [1.82, 2.24) is 14.7 Å². The Hall–Kier alpha value is -3.06. The average molecular weight is 367 g/mol. The monoisotopic (exact) mass is 367 g/mol. The highest BCUT2D eigenvalue weighted by Crippen LogP contribution is 2.23. The van der Waals surface area contributed by atoms with E-state index in [1.54, 1.807) is 41.3 Å². The van der Waals surface area contributed by atoms with Gasteiger partial charge in [0.05, 0.1) is 23.4 Å². The standard InChI is InChI=1S/C20H18FN3O3/c21-17-8-4-3-7-16(17)18(25)23-11-9-22(10-12-23)13-24-19(26)14-5-1-2-6-15(14)20(24)27/h1-8H,9-13H2. The molecule has 0 aromatic heterocycles. The first-order valence-corrected chi connectivity index (χ1v) is 8.77. The van der Waals surface area contributed by atoms with Crippen LogP contribution in [0.15, 0.2) is 48.5 Å². The zero-order valence-electron chi connectivity index (χ0n) is 14.6. The number of nitrogens with zero attached hydrogens (tertiary/aromatic N) is 3. The fraction of sp³-hybridized carbons (Fsp3) is 0.250. The third-order valence-electron chi connectivity index (χ3n) is 4.98. The summed E-state index contributed by atoms with van der Waals surface area (Å²) < 4.78 is 13.8.